The van der Waals surface area contributed by atoms with E-state index in [2.05, 4.69) is 133 Å². The first-order valence-corrected chi connectivity index (χ1v) is 23.1. The van der Waals surface area contributed by atoms with Crippen LogP contribution < -0.4 is 21.2 Å². The predicted molar refractivity (Wildman–Crippen MR) is 191 cm³/mol. The van der Waals surface area contributed by atoms with Crippen molar-refractivity contribution in [3.8, 4) is 0 Å². The van der Waals surface area contributed by atoms with E-state index in [4.69, 9.17) is 34.9 Å². The number of benzene rings is 4. The Hall–Kier alpha value is -0.938. The van der Waals surface area contributed by atoms with Crippen molar-refractivity contribution in [1.82, 2.24) is 4.44 Å². The average Bonchev–Trinajstić information content (AvgIpc) is 3.64. The summed E-state index contributed by atoms with van der Waals surface area (Å²) in [4.78, 5) is 0. The zero-order valence-electron chi connectivity index (χ0n) is 24.6. The molecule has 1 heterocycles. The molecule has 0 radical (unpaired) electrons. The van der Waals surface area contributed by atoms with Crippen LogP contribution in [-0.4, -0.2) is 17.1 Å². The van der Waals surface area contributed by atoms with Crippen LogP contribution in [0.15, 0.2) is 121 Å². The van der Waals surface area contributed by atoms with Crippen molar-refractivity contribution >= 4 is 67.5 Å². The third-order valence-corrected chi connectivity index (χ3v) is 14.3. The van der Waals surface area contributed by atoms with Gasteiger partial charge in [-0.05, 0) is 71.7 Å². The van der Waals surface area contributed by atoms with Gasteiger partial charge < -0.3 is 4.74 Å². The maximum atomic E-state index is 4.93. The first kappa shape index (κ1) is 34.9. The van der Waals surface area contributed by atoms with Crippen molar-refractivity contribution in [2.45, 2.75) is 51.5 Å². The third-order valence-electron chi connectivity index (χ3n) is 7.77. The number of halogens is 3. The van der Waals surface area contributed by atoms with Crippen molar-refractivity contribution in [1.29, 1.82) is 0 Å². The summed E-state index contributed by atoms with van der Waals surface area (Å²) in [6.07, 6.45) is 7.70. The molecule has 0 N–H and O–H groups in total. The van der Waals surface area contributed by atoms with Gasteiger partial charge in [0.1, 0.15) is 21.2 Å². The molecule has 4 aromatic rings. The summed E-state index contributed by atoms with van der Waals surface area (Å²) >= 11 is -1.62. The van der Waals surface area contributed by atoms with E-state index < -0.39 is 27.5 Å². The number of rotatable bonds is 7. The number of hydrogen-bond donors (Lipinski definition) is 0. The molecular formula is C35H42Cl3CrNOP2+2. The van der Waals surface area contributed by atoms with Crippen molar-refractivity contribution in [2.75, 3.05) is 6.61 Å². The van der Waals surface area contributed by atoms with Gasteiger partial charge in [0.2, 0.25) is 0 Å². The van der Waals surface area contributed by atoms with Crippen molar-refractivity contribution in [3.63, 3.8) is 0 Å². The topological polar surface area (TPSA) is 12.5 Å². The Kier molecular flexibility index (Phi) is 15.9. The molecule has 228 valence electrons. The summed E-state index contributed by atoms with van der Waals surface area (Å²) in [6.45, 7) is 5.31. The molecule has 0 amide bonds. The maximum absolute atomic E-state index is 4.93. The van der Waals surface area contributed by atoms with E-state index in [0.29, 0.717) is 12.0 Å². The molecule has 0 bridgehead atoms. The Bertz CT molecular complexity index is 1120. The van der Waals surface area contributed by atoms with Crippen LogP contribution in [0.2, 0.25) is 0 Å². The van der Waals surface area contributed by atoms with Crippen LogP contribution in [0.3, 0.4) is 0 Å². The molecule has 2 aliphatic rings. The van der Waals surface area contributed by atoms with E-state index in [9.17, 15) is 0 Å². The minimum absolute atomic E-state index is 0.595. The fourth-order valence-corrected chi connectivity index (χ4v) is 13.5. The SMILES string of the molecule is CC1CCCCC1N([PH+](c1ccccc1)c1ccccc1)[PH+](c1ccccc1)c1ccccc1.[CH-]1CCCO1.[Cl][Cr+]([Cl])[Cl]. The van der Waals surface area contributed by atoms with E-state index in [0.717, 1.165) is 13.0 Å². The van der Waals surface area contributed by atoms with E-state index in [-0.39, 0.29) is 0 Å². The summed E-state index contributed by atoms with van der Waals surface area (Å²) in [5.41, 5.74) is 0. The quantitative estimate of drug-likeness (QED) is 0.140. The minimum atomic E-state index is -1.62. The van der Waals surface area contributed by atoms with Crippen LogP contribution in [0.25, 0.3) is 0 Å². The molecule has 2 nitrogen and oxygen atoms in total. The summed E-state index contributed by atoms with van der Waals surface area (Å²) in [5.74, 6) is 0.702. The van der Waals surface area contributed by atoms with E-state index >= 15 is 0 Å². The number of hydrogen-bond acceptors (Lipinski definition) is 2. The molecule has 1 saturated carbocycles. The fraction of sp³-hybridized carbons (Fsp3) is 0.286. The van der Waals surface area contributed by atoms with Gasteiger partial charge in [-0.15, -0.1) is 0 Å². The van der Waals surface area contributed by atoms with Crippen LogP contribution >= 0.6 is 46.3 Å². The van der Waals surface area contributed by atoms with Crippen LogP contribution in [0.1, 0.15) is 45.4 Å². The molecular weight excluding hydrogens is 671 g/mol. The first-order chi connectivity index (χ1) is 21.1. The molecule has 0 spiro atoms. The van der Waals surface area contributed by atoms with Crippen LogP contribution in [-0.2, 0) is 16.1 Å². The molecule has 1 saturated heterocycles. The van der Waals surface area contributed by atoms with Gasteiger partial charge in [-0.3, -0.25) is 0 Å². The third kappa shape index (κ3) is 11.1. The molecule has 2 atom stereocenters. The Balaban J connectivity index is 0.000000408. The normalized spacial score (nSPS) is 18.2. The Morgan fingerprint density at radius 1 is 0.628 bits per heavy atom. The van der Waals surface area contributed by atoms with Gasteiger partial charge in [0.15, 0.2) is 16.1 Å². The molecule has 2 unspecified atom stereocenters. The summed E-state index contributed by atoms with van der Waals surface area (Å²) in [7, 11) is 12.4. The summed E-state index contributed by atoms with van der Waals surface area (Å²) in [6, 6.07) is 46.0. The van der Waals surface area contributed by atoms with E-state index in [1.54, 1.807) is 0 Å². The van der Waals surface area contributed by atoms with Crippen molar-refractivity contribution in [2.24, 2.45) is 5.92 Å². The standard InChI is InChI=1S/C31H33NP2.C4H7O.3ClH.Cr/c1-26-16-14-15-25-31(26)32(33(27-17-6-2-7-18-27)28-19-8-3-9-20-28)34(29-21-10-4-11-22-29)30-23-12-5-13-24-30;1-2-4-5-3-1;;;;/h2-13,17-24,26,31H,14-16,25H2,1H3;3H,1-2,4H2;3*1H;/q;-1;;;;+4/p-1. The van der Waals surface area contributed by atoms with E-state index in [1.807, 2.05) is 6.61 Å². The molecule has 1 aliphatic carbocycles. The molecule has 6 rings (SSSR count). The van der Waals surface area contributed by atoms with Gasteiger partial charge in [-0.2, -0.15) is 6.42 Å². The molecule has 43 heavy (non-hydrogen) atoms. The molecule has 1 aliphatic heterocycles. The molecule has 4 aromatic carbocycles. The zero-order valence-corrected chi connectivity index (χ0v) is 30.2. The Labute approximate surface area is 278 Å². The van der Waals surface area contributed by atoms with Crippen molar-refractivity contribution in [3.05, 3.63) is 128 Å². The van der Waals surface area contributed by atoms with Crippen LogP contribution in [0, 0.1) is 12.5 Å². The molecule has 8 heteroatoms. The number of nitrogens with zero attached hydrogens (tertiary/aromatic N) is 1. The summed E-state index contributed by atoms with van der Waals surface area (Å²) in [5, 5.41) is 5.97. The van der Waals surface area contributed by atoms with Gasteiger partial charge in [0.25, 0.3) is 0 Å². The van der Waals surface area contributed by atoms with Gasteiger partial charge in [-0.25, -0.2) is 6.61 Å². The second-order valence-corrected chi connectivity index (χ2v) is 22.1. The Morgan fingerprint density at radius 2 is 1.00 bits per heavy atom. The molecule has 0 aromatic heterocycles. The van der Waals surface area contributed by atoms with Gasteiger partial charge in [-0.1, -0.05) is 99.0 Å². The number of ether oxygens (including phenoxy) is 1. The average molecular weight is 713 g/mol. The second-order valence-electron chi connectivity index (χ2n) is 10.7. The van der Waals surface area contributed by atoms with Gasteiger partial charge in [0.05, 0.1) is 6.04 Å². The van der Waals surface area contributed by atoms with Crippen LogP contribution in [0.5, 0.6) is 0 Å². The van der Waals surface area contributed by atoms with Gasteiger partial charge >= 0.3 is 41.5 Å². The monoisotopic (exact) mass is 711 g/mol. The summed E-state index contributed by atoms with van der Waals surface area (Å²) < 4.78 is 7.88. The first-order valence-electron chi connectivity index (χ1n) is 15.0. The van der Waals surface area contributed by atoms with E-state index in [1.165, 1.54) is 53.3 Å². The zero-order chi connectivity index (χ0) is 30.3. The fourth-order valence-electron chi connectivity index (χ4n) is 5.81. The molecule has 2 fully saturated rings. The van der Waals surface area contributed by atoms with Crippen LogP contribution in [0.4, 0.5) is 0 Å². The predicted octanol–water partition coefficient (Wildman–Crippen LogP) is 9.45. The van der Waals surface area contributed by atoms with Crippen molar-refractivity contribution < 1.29 is 16.1 Å². The van der Waals surface area contributed by atoms with Gasteiger partial charge in [0, 0.05) is 6.61 Å². The second kappa shape index (κ2) is 19.5. The Morgan fingerprint density at radius 3 is 1.28 bits per heavy atom.